The van der Waals surface area contributed by atoms with E-state index in [1.165, 1.54) is 5.56 Å². The molecule has 0 spiro atoms. The third-order valence-electron chi connectivity index (χ3n) is 5.28. The lowest BCUT2D eigenvalue weighted by Crippen LogP contribution is -2.08. The lowest BCUT2D eigenvalue weighted by atomic mass is 9.89. The summed E-state index contributed by atoms with van der Waals surface area (Å²) >= 11 is 0. The molecule has 0 heterocycles. The molecule has 4 aromatic carbocycles. The Kier molecular flexibility index (Phi) is 4.69. The van der Waals surface area contributed by atoms with E-state index in [9.17, 15) is 4.21 Å². The van der Waals surface area contributed by atoms with Crippen LogP contribution in [-0.2, 0) is 11.0 Å². The average Bonchev–Trinajstić information content (AvgIpc) is 2.65. The summed E-state index contributed by atoms with van der Waals surface area (Å²) < 4.78 is 18.5. The van der Waals surface area contributed by atoms with E-state index in [0.717, 1.165) is 49.5 Å². The van der Waals surface area contributed by atoms with E-state index in [1.807, 2.05) is 32.0 Å². The van der Waals surface area contributed by atoms with Crippen molar-refractivity contribution in [3.05, 3.63) is 71.3 Å². The number of hydrogen-bond donors (Lipinski definition) is 1. The molecule has 0 saturated carbocycles. The predicted molar refractivity (Wildman–Crippen MR) is 118 cm³/mol. The highest BCUT2D eigenvalue weighted by molar-refractivity contribution is 7.83. The molecule has 0 aliphatic carbocycles. The highest BCUT2D eigenvalue weighted by atomic mass is 32.2. The Balaban J connectivity index is 2.30. The lowest BCUT2D eigenvalue weighted by molar-refractivity contribution is 0.414. The van der Waals surface area contributed by atoms with E-state index in [2.05, 4.69) is 43.3 Å². The van der Waals surface area contributed by atoms with Crippen molar-refractivity contribution in [2.45, 2.75) is 25.7 Å². The first kappa shape index (κ1) is 18.7. The summed E-state index contributed by atoms with van der Waals surface area (Å²) in [5.74, 6) is 0.791. The molecule has 0 saturated heterocycles. The Hall–Kier alpha value is -2.69. The van der Waals surface area contributed by atoms with Crippen LogP contribution in [0.25, 0.3) is 32.7 Å². The van der Waals surface area contributed by atoms with E-state index >= 15 is 0 Å². The SMILES string of the molecule is COc1c(C)cc2cc(C)ccc2c1-c1c(S(N)=O)c(C)cc2ccccc12. The van der Waals surface area contributed by atoms with Gasteiger partial charge in [-0.3, -0.25) is 0 Å². The Morgan fingerprint density at radius 1 is 0.821 bits per heavy atom. The van der Waals surface area contributed by atoms with Crippen LogP contribution in [-0.4, -0.2) is 11.3 Å². The quantitative estimate of drug-likeness (QED) is 0.498. The zero-order valence-corrected chi connectivity index (χ0v) is 17.3. The monoisotopic (exact) mass is 389 g/mol. The van der Waals surface area contributed by atoms with Gasteiger partial charge in [0.15, 0.2) is 0 Å². The van der Waals surface area contributed by atoms with Gasteiger partial charge in [-0.25, -0.2) is 9.35 Å². The van der Waals surface area contributed by atoms with Crippen LogP contribution < -0.4 is 9.88 Å². The minimum atomic E-state index is -1.63. The second kappa shape index (κ2) is 7.04. The number of ether oxygens (including phenoxy) is 1. The normalized spacial score (nSPS) is 12.5. The molecular weight excluding hydrogens is 366 g/mol. The molecule has 4 aromatic rings. The van der Waals surface area contributed by atoms with E-state index in [-0.39, 0.29) is 0 Å². The number of fused-ring (bicyclic) bond motifs is 2. The van der Waals surface area contributed by atoms with Crippen LogP contribution in [0.1, 0.15) is 16.7 Å². The fourth-order valence-corrected chi connectivity index (χ4v) is 4.92. The largest absolute Gasteiger partial charge is 0.496 e. The van der Waals surface area contributed by atoms with E-state index in [0.29, 0.717) is 4.90 Å². The second-order valence-corrected chi connectivity index (χ2v) is 8.25. The van der Waals surface area contributed by atoms with Crippen LogP contribution in [0.2, 0.25) is 0 Å². The fraction of sp³-hybridized carbons (Fsp3) is 0.167. The average molecular weight is 390 g/mol. The van der Waals surface area contributed by atoms with Crippen LogP contribution in [0.15, 0.2) is 59.5 Å². The smallest absolute Gasteiger partial charge is 0.130 e. The Labute approximate surface area is 167 Å². The molecule has 0 aromatic heterocycles. The van der Waals surface area contributed by atoms with Gasteiger partial charge in [0.25, 0.3) is 0 Å². The number of benzene rings is 4. The number of rotatable bonds is 3. The van der Waals surface area contributed by atoms with Crippen molar-refractivity contribution in [3.63, 3.8) is 0 Å². The Morgan fingerprint density at radius 3 is 2.21 bits per heavy atom. The first-order valence-electron chi connectivity index (χ1n) is 9.19. The molecule has 4 rings (SSSR count). The van der Waals surface area contributed by atoms with Gasteiger partial charge in [0.1, 0.15) is 16.7 Å². The maximum absolute atomic E-state index is 12.6. The van der Waals surface area contributed by atoms with Crippen LogP contribution >= 0.6 is 0 Å². The van der Waals surface area contributed by atoms with Crippen LogP contribution in [0.5, 0.6) is 5.75 Å². The lowest BCUT2D eigenvalue weighted by Gasteiger charge is -2.20. The number of nitrogens with two attached hydrogens (primary N) is 1. The Bertz CT molecular complexity index is 1260. The summed E-state index contributed by atoms with van der Waals surface area (Å²) in [6.07, 6.45) is 0. The first-order chi connectivity index (χ1) is 13.4. The van der Waals surface area contributed by atoms with Crippen molar-refractivity contribution in [1.82, 2.24) is 0 Å². The summed E-state index contributed by atoms with van der Waals surface area (Å²) in [6, 6.07) is 18.7. The van der Waals surface area contributed by atoms with Gasteiger partial charge in [0.2, 0.25) is 0 Å². The summed E-state index contributed by atoms with van der Waals surface area (Å²) in [7, 11) is 0.0551. The molecule has 0 aliphatic rings. The molecule has 1 atom stereocenters. The molecule has 0 radical (unpaired) electrons. The Morgan fingerprint density at radius 2 is 1.50 bits per heavy atom. The zero-order valence-electron chi connectivity index (χ0n) is 16.5. The third kappa shape index (κ3) is 2.89. The van der Waals surface area contributed by atoms with Gasteiger partial charge in [0.05, 0.1) is 12.0 Å². The van der Waals surface area contributed by atoms with Gasteiger partial charge in [-0.05, 0) is 59.5 Å². The van der Waals surface area contributed by atoms with Crippen molar-refractivity contribution >= 4 is 32.5 Å². The fourth-order valence-electron chi connectivity index (χ4n) is 4.14. The number of methoxy groups -OCH3 is 1. The van der Waals surface area contributed by atoms with Gasteiger partial charge in [0, 0.05) is 11.1 Å². The maximum atomic E-state index is 12.6. The molecule has 0 amide bonds. The van der Waals surface area contributed by atoms with E-state index in [1.54, 1.807) is 7.11 Å². The first-order valence-corrected chi connectivity index (χ1v) is 10.4. The standard InChI is InChI=1S/C24H23NO2S/c1-14-9-10-20-18(11-14)12-15(2)23(27-4)21(20)22-19-8-6-5-7-17(19)13-16(3)24(22)28(25)26/h5-13H,25H2,1-4H3. The van der Waals surface area contributed by atoms with Gasteiger partial charge in [-0.2, -0.15) is 0 Å². The van der Waals surface area contributed by atoms with Crippen LogP contribution in [0.4, 0.5) is 0 Å². The van der Waals surface area contributed by atoms with Crippen LogP contribution in [0, 0.1) is 20.8 Å². The molecule has 0 aliphatic heterocycles. The number of hydrogen-bond acceptors (Lipinski definition) is 2. The molecule has 3 nitrogen and oxygen atoms in total. The van der Waals surface area contributed by atoms with Gasteiger partial charge in [-0.1, -0.05) is 54.1 Å². The highest BCUT2D eigenvalue weighted by Crippen LogP contribution is 2.45. The highest BCUT2D eigenvalue weighted by Gasteiger charge is 2.22. The topological polar surface area (TPSA) is 52.3 Å². The van der Waals surface area contributed by atoms with Gasteiger partial charge >= 0.3 is 0 Å². The zero-order chi connectivity index (χ0) is 20.0. The minimum absolute atomic E-state index is 0.657. The molecule has 0 bridgehead atoms. The number of aryl methyl sites for hydroxylation is 3. The van der Waals surface area contributed by atoms with E-state index < -0.39 is 11.0 Å². The minimum Gasteiger partial charge on any atom is -0.496 e. The molecule has 142 valence electrons. The van der Waals surface area contributed by atoms with Crippen molar-refractivity contribution in [3.8, 4) is 16.9 Å². The van der Waals surface area contributed by atoms with Gasteiger partial charge in [-0.15, -0.1) is 0 Å². The molecular formula is C24H23NO2S. The summed E-state index contributed by atoms with van der Waals surface area (Å²) in [6.45, 7) is 6.09. The molecule has 0 fully saturated rings. The summed E-state index contributed by atoms with van der Waals surface area (Å²) in [4.78, 5) is 0.657. The molecule has 1 unspecified atom stereocenters. The molecule has 2 N–H and O–H groups in total. The van der Waals surface area contributed by atoms with Crippen molar-refractivity contribution in [2.75, 3.05) is 7.11 Å². The molecule has 4 heteroatoms. The van der Waals surface area contributed by atoms with Crippen molar-refractivity contribution in [1.29, 1.82) is 0 Å². The van der Waals surface area contributed by atoms with Gasteiger partial charge < -0.3 is 4.74 Å². The van der Waals surface area contributed by atoms with Crippen molar-refractivity contribution < 1.29 is 8.95 Å². The predicted octanol–water partition coefficient (Wildman–Crippen LogP) is 5.58. The third-order valence-corrected chi connectivity index (χ3v) is 6.20. The second-order valence-electron chi connectivity index (χ2n) is 7.24. The van der Waals surface area contributed by atoms with E-state index in [4.69, 9.17) is 9.88 Å². The maximum Gasteiger partial charge on any atom is 0.130 e. The molecule has 28 heavy (non-hydrogen) atoms. The van der Waals surface area contributed by atoms with Crippen LogP contribution in [0.3, 0.4) is 0 Å². The summed E-state index contributed by atoms with van der Waals surface area (Å²) in [5, 5.41) is 10.3. The summed E-state index contributed by atoms with van der Waals surface area (Å²) in [5.41, 5.74) is 4.99. The van der Waals surface area contributed by atoms with Crippen molar-refractivity contribution in [2.24, 2.45) is 5.14 Å².